The highest BCUT2D eigenvalue weighted by Gasteiger charge is 2.33. The highest BCUT2D eigenvalue weighted by Crippen LogP contribution is 2.32. The van der Waals surface area contributed by atoms with E-state index >= 15 is 0 Å². The summed E-state index contributed by atoms with van der Waals surface area (Å²) in [7, 11) is 1.89. The standard InChI is InChI=1S/C19H22ClF2N7O/c1-12-8-16(19(20,21)22)29-17(23-12)9-15(25-29)18(30)28-6-4-27(5-7-28)11-14-10-26(3)24-13(14)2/h8-10H,4-7,11H2,1-3H3. The number of halogens is 3. The third-order valence-electron chi connectivity index (χ3n) is 5.23. The number of hydrogen-bond acceptors (Lipinski definition) is 5. The first-order valence-corrected chi connectivity index (χ1v) is 9.95. The fraction of sp³-hybridized carbons (Fsp3) is 0.474. The predicted molar refractivity (Wildman–Crippen MR) is 107 cm³/mol. The van der Waals surface area contributed by atoms with Crippen LogP contribution in [0.4, 0.5) is 8.78 Å². The highest BCUT2D eigenvalue weighted by atomic mass is 35.5. The summed E-state index contributed by atoms with van der Waals surface area (Å²) in [5.41, 5.74) is 2.26. The molecule has 1 fully saturated rings. The second kappa shape index (κ2) is 7.59. The molecule has 0 atom stereocenters. The van der Waals surface area contributed by atoms with Crippen LogP contribution in [0.25, 0.3) is 5.65 Å². The predicted octanol–water partition coefficient (Wildman–Crippen LogP) is 2.33. The number of carbonyl (C=O) groups excluding carboxylic acids is 1. The zero-order chi connectivity index (χ0) is 21.6. The van der Waals surface area contributed by atoms with Crippen molar-refractivity contribution < 1.29 is 13.6 Å². The van der Waals surface area contributed by atoms with Crippen molar-refractivity contribution in [1.82, 2.24) is 34.2 Å². The first kappa shape index (κ1) is 20.7. The van der Waals surface area contributed by atoms with E-state index in [0.29, 0.717) is 31.9 Å². The highest BCUT2D eigenvalue weighted by molar-refractivity contribution is 6.21. The third-order valence-corrected chi connectivity index (χ3v) is 5.43. The van der Waals surface area contributed by atoms with Crippen LogP contribution in [0.15, 0.2) is 18.3 Å². The molecule has 3 aromatic rings. The Morgan fingerprint density at radius 3 is 2.47 bits per heavy atom. The van der Waals surface area contributed by atoms with Crippen LogP contribution < -0.4 is 0 Å². The molecule has 1 saturated heterocycles. The topological polar surface area (TPSA) is 71.6 Å². The summed E-state index contributed by atoms with van der Waals surface area (Å²) in [5, 5.41) is 4.81. The summed E-state index contributed by atoms with van der Waals surface area (Å²) >= 11 is 5.21. The van der Waals surface area contributed by atoms with Crippen molar-refractivity contribution in [1.29, 1.82) is 0 Å². The Morgan fingerprint density at radius 2 is 1.87 bits per heavy atom. The summed E-state index contributed by atoms with van der Waals surface area (Å²) in [4.78, 5) is 21.0. The molecule has 4 rings (SSSR count). The zero-order valence-electron chi connectivity index (χ0n) is 16.9. The lowest BCUT2D eigenvalue weighted by Gasteiger charge is -2.34. The van der Waals surface area contributed by atoms with Crippen LogP contribution in [0.1, 0.15) is 33.1 Å². The molecule has 0 spiro atoms. The van der Waals surface area contributed by atoms with Crippen molar-refractivity contribution in [3.63, 3.8) is 0 Å². The van der Waals surface area contributed by atoms with Crippen LogP contribution in [0, 0.1) is 13.8 Å². The van der Waals surface area contributed by atoms with Gasteiger partial charge in [0.2, 0.25) is 0 Å². The van der Waals surface area contributed by atoms with E-state index in [1.807, 2.05) is 20.2 Å². The summed E-state index contributed by atoms with van der Waals surface area (Å²) in [6.45, 7) is 6.80. The number of aryl methyl sites for hydroxylation is 3. The van der Waals surface area contributed by atoms with Gasteiger partial charge in [0.1, 0.15) is 5.69 Å². The van der Waals surface area contributed by atoms with Crippen molar-refractivity contribution in [3.8, 4) is 0 Å². The molecule has 4 heterocycles. The molecule has 0 unspecified atom stereocenters. The maximum atomic E-state index is 13.8. The van der Waals surface area contributed by atoms with Gasteiger partial charge in [0, 0.05) is 63.3 Å². The number of fused-ring (bicyclic) bond motifs is 1. The Bertz CT molecular complexity index is 1100. The Hall–Kier alpha value is -2.59. The van der Waals surface area contributed by atoms with Crippen LogP contribution in [-0.4, -0.2) is 66.3 Å². The minimum absolute atomic E-state index is 0.0758. The summed E-state index contributed by atoms with van der Waals surface area (Å²) in [6, 6.07) is 2.59. The quantitative estimate of drug-likeness (QED) is 0.586. The molecule has 160 valence electrons. The number of amides is 1. The van der Waals surface area contributed by atoms with Crippen molar-refractivity contribution >= 4 is 23.2 Å². The van der Waals surface area contributed by atoms with Gasteiger partial charge >= 0.3 is 5.38 Å². The van der Waals surface area contributed by atoms with E-state index < -0.39 is 11.1 Å². The molecule has 1 aliphatic heterocycles. The van der Waals surface area contributed by atoms with Crippen molar-refractivity contribution in [2.75, 3.05) is 26.2 Å². The minimum Gasteiger partial charge on any atom is -0.335 e. The molecule has 3 aromatic heterocycles. The SMILES string of the molecule is Cc1cc(C(F)(F)Cl)n2nc(C(=O)N3CCN(Cc4cn(C)nc4C)CC3)cc2n1. The van der Waals surface area contributed by atoms with E-state index in [9.17, 15) is 13.6 Å². The monoisotopic (exact) mass is 437 g/mol. The van der Waals surface area contributed by atoms with Crippen LogP contribution in [0.2, 0.25) is 0 Å². The van der Waals surface area contributed by atoms with Gasteiger partial charge in [-0.1, -0.05) is 0 Å². The molecule has 0 aromatic carbocycles. The van der Waals surface area contributed by atoms with Crippen molar-refractivity contribution in [2.45, 2.75) is 25.8 Å². The third kappa shape index (κ3) is 4.01. The van der Waals surface area contributed by atoms with E-state index in [4.69, 9.17) is 11.6 Å². The Labute approximate surface area is 177 Å². The molecule has 0 bridgehead atoms. The second-order valence-electron chi connectivity index (χ2n) is 7.56. The molecular weight excluding hydrogens is 416 g/mol. The lowest BCUT2D eigenvalue weighted by molar-refractivity contribution is 0.0620. The van der Waals surface area contributed by atoms with Gasteiger partial charge in [-0.3, -0.25) is 14.4 Å². The normalized spacial score (nSPS) is 15.9. The molecule has 11 heteroatoms. The number of hydrogen-bond donors (Lipinski definition) is 0. The summed E-state index contributed by atoms with van der Waals surface area (Å²) in [5.74, 6) is -0.306. The van der Waals surface area contributed by atoms with Gasteiger partial charge in [-0.05, 0) is 31.5 Å². The fourth-order valence-corrected chi connectivity index (χ4v) is 3.86. The summed E-state index contributed by atoms with van der Waals surface area (Å²) < 4.78 is 30.2. The minimum atomic E-state index is -3.62. The molecule has 0 aliphatic carbocycles. The van der Waals surface area contributed by atoms with Gasteiger partial charge in [0.25, 0.3) is 5.91 Å². The largest absolute Gasteiger partial charge is 0.364 e. The van der Waals surface area contributed by atoms with E-state index in [1.165, 1.54) is 12.1 Å². The van der Waals surface area contributed by atoms with E-state index in [-0.39, 0.29) is 17.2 Å². The van der Waals surface area contributed by atoms with E-state index in [2.05, 4.69) is 20.1 Å². The number of aromatic nitrogens is 5. The molecule has 1 aliphatic rings. The first-order chi connectivity index (χ1) is 14.1. The molecular formula is C19H22ClF2N7O. The molecule has 30 heavy (non-hydrogen) atoms. The van der Waals surface area contributed by atoms with Crippen LogP contribution in [0.5, 0.6) is 0 Å². The van der Waals surface area contributed by atoms with Crippen LogP contribution >= 0.6 is 11.6 Å². The van der Waals surface area contributed by atoms with Gasteiger partial charge in [-0.2, -0.15) is 19.0 Å². The van der Waals surface area contributed by atoms with E-state index in [0.717, 1.165) is 22.3 Å². The van der Waals surface area contributed by atoms with Gasteiger partial charge in [-0.25, -0.2) is 9.50 Å². The Morgan fingerprint density at radius 1 is 1.17 bits per heavy atom. The second-order valence-corrected chi connectivity index (χ2v) is 8.04. The maximum absolute atomic E-state index is 13.8. The van der Waals surface area contributed by atoms with E-state index in [1.54, 1.807) is 16.5 Å². The summed E-state index contributed by atoms with van der Waals surface area (Å²) in [6.07, 6.45) is 2.00. The van der Waals surface area contributed by atoms with Gasteiger partial charge in [0.15, 0.2) is 11.3 Å². The van der Waals surface area contributed by atoms with Crippen LogP contribution in [0.3, 0.4) is 0 Å². The number of carbonyl (C=O) groups is 1. The average molecular weight is 438 g/mol. The average Bonchev–Trinajstić information content (AvgIpc) is 3.22. The lowest BCUT2D eigenvalue weighted by Crippen LogP contribution is -2.48. The van der Waals surface area contributed by atoms with Gasteiger partial charge in [-0.15, -0.1) is 0 Å². The zero-order valence-corrected chi connectivity index (χ0v) is 17.7. The van der Waals surface area contributed by atoms with Crippen molar-refractivity contribution in [3.05, 3.63) is 46.7 Å². The smallest absolute Gasteiger partial charge is 0.335 e. The fourth-order valence-electron chi connectivity index (χ4n) is 3.72. The molecule has 0 N–H and O–H groups in total. The Balaban J connectivity index is 1.48. The first-order valence-electron chi connectivity index (χ1n) is 9.57. The molecule has 0 saturated carbocycles. The number of piperazine rings is 1. The van der Waals surface area contributed by atoms with Gasteiger partial charge in [0.05, 0.1) is 5.69 Å². The molecule has 8 nitrogen and oxygen atoms in total. The number of rotatable bonds is 4. The van der Waals surface area contributed by atoms with Gasteiger partial charge < -0.3 is 4.90 Å². The number of alkyl halides is 3. The maximum Gasteiger partial charge on any atom is 0.364 e. The van der Waals surface area contributed by atoms with Crippen molar-refractivity contribution in [2.24, 2.45) is 7.05 Å². The lowest BCUT2D eigenvalue weighted by atomic mass is 10.2. The number of nitrogens with zero attached hydrogens (tertiary/aromatic N) is 7. The Kier molecular flexibility index (Phi) is 5.23. The van der Waals surface area contributed by atoms with Crippen LogP contribution in [-0.2, 0) is 19.0 Å². The molecule has 1 amide bonds. The molecule has 0 radical (unpaired) electrons.